The molecule has 7 nitrogen and oxygen atoms in total. The molecule has 1 saturated heterocycles. The van der Waals surface area contributed by atoms with E-state index < -0.39 is 11.4 Å². The molecular formula is C14H23BN4O3. The maximum atomic E-state index is 12.1. The molecule has 0 radical (unpaired) electrons. The van der Waals surface area contributed by atoms with Gasteiger partial charge in [-0.15, -0.1) is 0 Å². The average Bonchev–Trinajstić information content (AvgIpc) is 3.00. The van der Waals surface area contributed by atoms with E-state index in [2.05, 4.69) is 10.4 Å². The third kappa shape index (κ3) is 4.11. The second kappa shape index (κ2) is 7.46. The number of nitrogens with one attached hydrogen (secondary N) is 1. The van der Waals surface area contributed by atoms with Crippen molar-refractivity contribution in [1.82, 2.24) is 10.1 Å². The summed E-state index contributed by atoms with van der Waals surface area (Å²) in [7, 11) is 2.15. The van der Waals surface area contributed by atoms with E-state index >= 15 is 0 Å². The Balaban J connectivity index is 1.84. The quantitative estimate of drug-likeness (QED) is 0.242. The van der Waals surface area contributed by atoms with Crippen LogP contribution in [0.3, 0.4) is 0 Å². The van der Waals surface area contributed by atoms with Crippen LogP contribution in [0.25, 0.3) is 0 Å². The van der Waals surface area contributed by atoms with Gasteiger partial charge in [-0.2, -0.15) is 0 Å². The maximum absolute atomic E-state index is 12.1. The van der Waals surface area contributed by atoms with E-state index in [4.69, 9.17) is 15.2 Å². The Kier molecular flexibility index (Phi) is 5.62. The third-order valence-electron chi connectivity index (χ3n) is 3.97. The van der Waals surface area contributed by atoms with Crippen molar-refractivity contribution in [1.29, 1.82) is 0 Å². The van der Waals surface area contributed by atoms with Gasteiger partial charge in [-0.05, 0) is 24.9 Å². The SMILES string of the molecule is COBNC1CCN(/C(N)=N/OC(=O)C2(C)C=CC=CC2)C1. The van der Waals surface area contributed by atoms with Gasteiger partial charge in [0.15, 0.2) is 0 Å². The first-order valence-corrected chi connectivity index (χ1v) is 7.42. The average molecular weight is 306 g/mol. The number of guanidine groups is 1. The number of rotatable bonds is 5. The summed E-state index contributed by atoms with van der Waals surface area (Å²) in [4.78, 5) is 19.0. The van der Waals surface area contributed by atoms with Crippen LogP contribution in [-0.4, -0.2) is 50.7 Å². The molecule has 120 valence electrons. The Hall–Kier alpha value is -1.80. The van der Waals surface area contributed by atoms with Gasteiger partial charge in [0.05, 0.1) is 5.41 Å². The van der Waals surface area contributed by atoms with Crippen molar-refractivity contribution < 1.29 is 14.3 Å². The Morgan fingerprint density at radius 2 is 2.36 bits per heavy atom. The molecule has 2 atom stereocenters. The lowest BCUT2D eigenvalue weighted by Gasteiger charge is -2.22. The minimum Gasteiger partial charge on any atom is -0.427 e. The summed E-state index contributed by atoms with van der Waals surface area (Å²) < 4.78 is 4.98. The molecule has 0 saturated carbocycles. The van der Waals surface area contributed by atoms with Crippen molar-refractivity contribution in [3.8, 4) is 0 Å². The lowest BCUT2D eigenvalue weighted by Crippen LogP contribution is -2.40. The molecule has 0 aromatic rings. The molecule has 0 amide bonds. The molecule has 2 rings (SSSR count). The van der Waals surface area contributed by atoms with Crippen LogP contribution in [0, 0.1) is 5.41 Å². The van der Waals surface area contributed by atoms with Crippen molar-refractivity contribution >= 4 is 19.5 Å². The van der Waals surface area contributed by atoms with E-state index in [1.54, 1.807) is 7.11 Å². The number of carbonyl (C=O) groups is 1. The van der Waals surface area contributed by atoms with Gasteiger partial charge in [0, 0.05) is 26.2 Å². The molecule has 0 spiro atoms. The van der Waals surface area contributed by atoms with Crippen LogP contribution in [0.4, 0.5) is 0 Å². The molecule has 2 aliphatic rings. The Bertz CT molecular complexity index is 494. The first-order valence-electron chi connectivity index (χ1n) is 7.42. The van der Waals surface area contributed by atoms with Gasteiger partial charge in [-0.1, -0.05) is 24.3 Å². The van der Waals surface area contributed by atoms with Crippen LogP contribution in [0.15, 0.2) is 29.5 Å². The van der Waals surface area contributed by atoms with Crippen LogP contribution < -0.4 is 11.0 Å². The summed E-state index contributed by atoms with van der Waals surface area (Å²) in [6.45, 7) is 3.31. The molecule has 8 heteroatoms. The van der Waals surface area contributed by atoms with E-state index in [0.29, 0.717) is 20.1 Å². The van der Waals surface area contributed by atoms with Crippen molar-refractivity contribution in [3.05, 3.63) is 24.3 Å². The second-order valence-electron chi connectivity index (χ2n) is 5.81. The molecule has 1 fully saturated rings. The smallest absolute Gasteiger partial charge is 0.360 e. The first-order chi connectivity index (χ1) is 10.5. The largest absolute Gasteiger partial charge is 0.427 e. The van der Waals surface area contributed by atoms with Crippen LogP contribution >= 0.6 is 0 Å². The molecule has 22 heavy (non-hydrogen) atoms. The van der Waals surface area contributed by atoms with Crippen LogP contribution in [0.1, 0.15) is 19.8 Å². The number of nitrogens with zero attached hydrogens (tertiary/aromatic N) is 2. The van der Waals surface area contributed by atoms with Crippen molar-refractivity contribution in [2.75, 3.05) is 20.2 Å². The third-order valence-corrected chi connectivity index (χ3v) is 3.97. The van der Waals surface area contributed by atoms with Gasteiger partial charge in [-0.25, -0.2) is 4.79 Å². The predicted octanol–water partition coefficient (Wildman–Crippen LogP) is -0.141. The first kappa shape index (κ1) is 16.6. The number of carbonyl (C=O) groups excluding carboxylic acids is 1. The lowest BCUT2D eigenvalue weighted by molar-refractivity contribution is -0.152. The predicted molar refractivity (Wildman–Crippen MR) is 86.0 cm³/mol. The van der Waals surface area contributed by atoms with E-state index in [9.17, 15) is 4.79 Å². The monoisotopic (exact) mass is 306 g/mol. The van der Waals surface area contributed by atoms with Gasteiger partial charge in [-0.3, -0.25) is 0 Å². The fourth-order valence-corrected chi connectivity index (χ4v) is 2.47. The molecule has 0 aromatic carbocycles. The molecule has 1 aliphatic carbocycles. The molecular weight excluding hydrogens is 283 g/mol. The Morgan fingerprint density at radius 3 is 3.05 bits per heavy atom. The summed E-state index contributed by atoms with van der Waals surface area (Å²) in [6, 6.07) is 0.299. The van der Waals surface area contributed by atoms with Gasteiger partial charge in [0.2, 0.25) is 5.96 Å². The fourth-order valence-electron chi connectivity index (χ4n) is 2.47. The maximum Gasteiger partial charge on any atom is 0.360 e. The number of nitrogens with two attached hydrogens (primary N) is 1. The molecule has 0 aromatic heterocycles. The highest BCUT2D eigenvalue weighted by molar-refractivity contribution is 6.23. The van der Waals surface area contributed by atoms with Gasteiger partial charge >= 0.3 is 13.6 Å². The molecule has 3 N–H and O–H groups in total. The number of allylic oxidation sites excluding steroid dienone is 3. The summed E-state index contributed by atoms with van der Waals surface area (Å²) in [5.41, 5.74) is 5.22. The normalized spacial score (nSPS) is 28.0. The van der Waals surface area contributed by atoms with Crippen molar-refractivity contribution in [2.45, 2.75) is 25.8 Å². The number of hydrogen-bond donors (Lipinski definition) is 2. The summed E-state index contributed by atoms with van der Waals surface area (Å²) in [5, 5.41) is 7.03. The molecule has 0 bridgehead atoms. The topological polar surface area (TPSA) is 89.2 Å². The fraction of sp³-hybridized carbons (Fsp3) is 0.571. The number of oxime groups is 1. The standard InChI is InChI=1S/C14H23BN4O3/c1-14(7-4-3-5-8-14)12(20)22-18-13(16)19-9-6-11(10-19)17-15-21-2/h3-5,7,11,15,17H,6,8-10H2,1-2H3,(H2,16,18). The Labute approximate surface area is 131 Å². The molecule has 1 heterocycles. The van der Waals surface area contributed by atoms with Crippen LogP contribution in [0.2, 0.25) is 0 Å². The van der Waals surface area contributed by atoms with Gasteiger partial charge in [0.25, 0.3) is 0 Å². The highest BCUT2D eigenvalue weighted by Crippen LogP contribution is 2.28. The van der Waals surface area contributed by atoms with E-state index in [1.165, 1.54) is 0 Å². The van der Waals surface area contributed by atoms with Crippen molar-refractivity contribution in [2.24, 2.45) is 16.3 Å². The minimum absolute atomic E-state index is 0.231. The van der Waals surface area contributed by atoms with E-state index in [1.807, 2.05) is 36.1 Å². The van der Waals surface area contributed by atoms with E-state index in [0.717, 1.165) is 19.5 Å². The highest BCUT2D eigenvalue weighted by atomic mass is 16.7. The summed E-state index contributed by atoms with van der Waals surface area (Å²) >= 11 is 0. The zero-order valence-corrected chi connectivity index (χ0v) is 13.1. The number of hydrogen-bond acceptors (Lipinski definition) is 5. The van der Waals surface area contributed by atoms with E-state index in [-0.39, 0.29) is 5.96 Å². The zero-order chi connectivity index (χ0) is 16.0. The summed E-state index contributed by atoms with van der Waals surface area (Å²) in [6.07, 6.45) is 9.04. The highest BCUT2D eigenvalue weighted by Gasteiger charge is 2.33. The van der Waals surface area contributed by atoms with Gasteiger partial charge < -0.3 is 25.4 Å². The van der Waals surface area contributed by atoms with Crippen LogP contribution in [0.5, 0.6) is 0 Å². The van der Waals surface area contributed by atoms with Gasteiger partial charge in [0.1, 0.15) is 0 Å². The zero-order valence-electron chi connectivity index (χ0n) is 13.1. The molecule has 1 aliphatic heterocycles. The molecule has 2 unspecified atom stereocenters. The number of likely N-dealkylation sites (tertiary alicyclic amines) is 1. The lowest BCUT2D eigenvalue weighted by atomic mass is 9.84. The minimum atomic E-state index is -0.675. The van der Waals surface area contributed by atoms with Crippen LogP contribution in [-0.2, 0) is 14.3 Å². The van der Waals surface area contributed by atoms with Crippen molar-refractivity contribution in [3.63, 3.8) is 0 Å². The Morgan fingerprint density at radius 1 is 1.55 bits per heavy atom. The summed E-state index contributed by atoms with van der Waals surface area (Å²) in [5.74, 6) is -0.168. The second-order valence-corrected chi connectivity index (χ2v) is 5.81.